The van der Waals surface area contributed by atoms with Crippen LogP contribution < -0.4 is 0 Å². The van der Waals surface area contributed by atoms with Gasteiger partial charge in [0.25, 0.3) is 0 Å². The molecule has 0 saturated heterocycles. The van der Waals surface area contributed by atoms with E-state index in [4.69, 9.17) is 27.9 Å². The average Bonchev–Trinajstić information content (AvgIpc) is 2.87. The van der Waals surface area contributed by atoms with Gasteiger partial charge in [-0.3, -0.25) is 4.79 Å². The minimum atomic E-state index is -0.378. The molecular formula is C17H20Cl2N2O2S. The number of H-pyrrole nitrogens is 1. The molecular weight excluding hydrogens is 367 g/mol. The summed E-state index contributed by atoms with van der Waals surface area (Å²) in [6.07, 6.45) is 0.273. The van der Waals surface area contributed by atoms with E-state index < -0.39 is 0 Å². The molecule has 0 amide bonds. The third-order valence-corrected chi connectivity index (χ3v) is 4.73. The number of aromatic amines is 1. The second-order valence-electron chi connectivity index (χ2n) is 5.70. The fourth-order valence-electron chi connectivity index (χ4n) is 2.25. The minimum absolute atomic E-state index is 0.224. The van der Waals surface area contributed by atoms with E-state index in [0.29, 0.717) is 22.3 Å². The molecule has 1 aromatic carbocycles. The van der Waals surface area contributed by atoms with E-state index in [1.54, 1.807) is 6.07 Å². The summed E-state index contributed by atoms with van der Waals surface area (Å²) < 4.78 is 5.34. The normalized spacial score (nSPS) is 12.5. The number of ether oxygens (including phenoxy) is 1. The van der Waals surface area contributed by atoms with E-state index in [0.717, 1.165) is 15.6 Å². The Bertz CT molecular complexity index is 711. The monoisotopic (exact) mass is 386 g/mol. The van der Waals surface area contributed by atoms with Crippen molar-refractivity contribution in [2.45, 2.75) is 56.1 Å². The smallest absolute Gasteiger partial charge is 0.303 e. The number of rotatable bonds is 6. The first-order chi connectivity index (χ1) is 11.3. The van der Waals surface area contributed by atoms with Crippen LogP contribution in [-0.4, -0.2) is 15.9 Å². The molecule has 24 heavy (non-hydrogen) atoms. The molecule has 2 aromatic rings. The van der Waals surface area contributed by atoms with E-state index in [1.165, 1.54) is 18.7 Å². The molecule has 130 valence electrons. The summed E-state index contributed by atoms with van der Waals surface area (Å²) in [6, 6.07) is 5.40. The van der Waals surface area contributed by atoms with E-state index in [-0.39, 0.29) is 18.0 Å². The predicted octanol–water partition coefficient (Wildman–Crippen LogP) is 6.01. The van der Waals surface area contributed by atoms with Crippen LogP contribution in [0, 0.1) is 0 Å². The maximum atomic E-state index is 11.3. The van der Waals surface area contributed by atoms with Crippen LogP contribution in [-0.2, 0) is 9.53 Å². The van der Waals surface area contributed by atoms with Gasteiger partial charge in [0.05, 0.1) is 5.69 Å². The number of halogens is 2. The Morgan fingerprint density at radius 2 is 1.92 bits per heavy atom. The lowest BCUT2D eigenvalue weighted by molar-refractivity contribution is -0.147. The molecule has 4 nitrogen and oxygen atoms in total. The molecule has 0 aliphatic rings. The highest BCUT2D eigenvalue weighted by atomic mass is 35.5. The maximum absolute atomic E-state index is 11.3. The number of hydrogen-bond acceptors (Lipinski definition) is 4. The van der Waals surface area contributed by atoms with Crippen LogP contribution >= 0.6 is 35.0 Å². The maximum Gasteiger partial charge on any atom is 0.303 e. The Morgan fingerprint density at radius 1 is 1.29 bits per heavy atom. The quantitative estimate of drug-likeness (QED) is 0.617. The first kappa shape index (κ1) is 19.2. The van der Waals surface area contributed by atoms with Crippen molar-refractivity contribution in [3.8, 4) is 0 Å². The number of benzene rings is 1. The van der Waals surface area contributed by atoms with Crippen molar-refractivity contribution in [1.82, 2.24) is 9.97 Å². The van der Waals surface area contributed by atoms with Crippen molar-refractivity contribution in [3.63, 3.8) is 0 Å². The van der Waals surface area contributed by atoms with Crippen LogP contribution in [0.4, 0.5) is 0 Å². The Morgan fingerprint density at radius 3 is 2.42 bits per heavy atom. The van der Waals surface area contributed by atoms with E-state index in [2.05, 4.69) is 23.8 Å². The highest BCUT2D eigenvalue weighted by Crippen LogP contribution is 2.36. The van der Waals surface area contributed by atoms with Gasteiger partial charge >= 0.3 is 5.97 Å². The molecule has 0 radical (unpaired) electrons. The third-order valence-electron chi connectivity index (χ3n) is 3.30. The van der Waals surface area contributed by atoms with Crippen LogP contribution in [0.3, 0.4) is 0 Å². The lowest BCUT2D eigenvalue weighted by Gasteiger charge is -2.11. The van der Waals surface area contributed by atoms with Gasteiger partial charge < -0.3 is 9.72 Å². The summed E-state index contributed by atoms with van der Waals surface area (Å²) in [4.78, 5) is 20.2. The fourth-order valence-corrected chi connectivity index (χ4v) is 4.05. The van der Waals surface area contributed by atoms with E-state index >= 15 is 0 Å². The van der Waals surface area contributed by atoms with Crippen LogP contribution in [0.1, 0.15) is 57.7 Å². The van der Waals surface area contributed by atoms with E-state index in [9.17, 15) is 4.79 Å². The van der Waals surface area contributed by atoms with Crippen LogP contribution in [0.2, 0.25) is 10.0 Å². The molecule has 1 atom stereocenters. The SMILES string of the molecule is CCC(OC(C)=O)c1nc(C(C)C)c(Sc2cc(Cl)cc(Cl)c2)[nH]1. The van der Waals surface area contributed by atoms with Gasteiger partial charge in [-0.15, -0.1) is 0 Å². The number of esters is 1. The summed E-state index contributed by atoms with van der Waals surface area (Å²) in [6.45, 7) is 7.50. The molecule has 1 unspecified atom stereocenters. The molecule has 1 aromatic heterocycles. The van der Waals surface area contributed by atoms with E-state index in [1.807, 2.05) is 19.1 Å². The number of carbonyl (C=O) groups excluding carboxylic acids is 1. The number of nitrogens with zero attached hydrogens (tertiary/aromatic N) is 1. The van der Waals surface area contributed by atoms with Crippen molar-refractivity contribution >= 4 is 40.9 Å². The average molecular weight is 387 g/mol. The van der Waals surface area contributed by atoms with Crippen molar-refractivity contribution in [1.29, 1.82) is 0 Å². The molecule has 7 heteroatoms. The zero-order valence-corrected chi connectivity index (χ0v) is 16.4. The topological polar surface area (TPSA) is 55.0 Å². The molecule has 0 spiro atoms. The summed E-state index contributed by atoms with van der Waals surface area (Å²) in [7, 11) is 0. The van der Waals surface area contributed by atoms with Crippen molar-refractivity contribution in [2.75, 3.05) is 0 Å². The van der Waals surface area contributed by atoms with Crippen molar-refractivity contribution in [3.05, 3.63) is 39.8 Å². The summed E-state index contributed by atoms with van der Waals surface area (Å²) in [5.74, 6) is 0.564. The molecule has 0 bridgehead atoms. The lowest BCUT2D eigenvalue weighted by Crippen LogP contribution is -2.09. The van der Waals surface area contributed by atoms with Gasteiger partial charge in [0.1, 0.15) is 10.9 Å². The number of carbonyl (C=O) groups is 1. The van der Waals surface area contributed by atoms with Crippen molar-refractivity contribution < 1.29 is 9.53 Å². The third kappa shape index (κ3) is 4.91. The van der Waals surface area contributed by atoms with Gasteiger partial charge in [0.2, 0.25) is 0 Å². The molecule has 2 rings (SSSR count). The van der Waals surface area contributed by atoms with Crippen LogP contribution in [0.25, 0.3) is 0 Å². The number of nitrogens with one attached hydrogen (secondary N) is 1. The zero-order chi connectivity index (χ0) is 17.9. The zero-order valence-electron chi connectivity index (χ0n) is 14.0. The Hall–Kier alpha value is -1.17. The second kappa shape index (κ2) is 8.28. The van der Waals surface area contributed by atoms with Gasteiger partial charge in [-0.05, 0) is 30.5 Å². The highest BCUT2D eigenvalue weighted by Gasteiger charge is 2.21. The Kier molecular flexibility index (Phi) is 6.61. The molecule has 0 saturated carbocycles. The Balaban J connectivity index is 2.36. The van der Waals surface area contributed by atoms with Gasteiger partial charge in [-0.1, -0.05) is 55.7 Å². The van der Waals surface area contributed by atoms with Gasteiger partial charge in [-0.2, -0.15) is 0 Å². The first-order valence-corrected chi connectivity index (χ1v) is 9.28. The van der Waals surface area contributed by atoms with Crippen LogP contribution in [0.5, 0.6) is 0 Å². The standard InChI is InChI=1S/C17H20Cl2N2O2S/c1-5-14(23-10(4)22)16-20-15(9(2)3)17(21-16)24-13-7-11(18)6-12(19)8-13/h6-9,14H,5H2,1-4H3,(H,20,21). The second-order valence-corrected chi connectivity index (χ2v) is 7.66. The van der Waals surface area contributed by atoms with Crippen LogP contribution in [0.15, 0.2) is 28.1 Å². The predicted molar refractivity (Wildman–Crippen MR) is 98.1 cm³/mol. The number of aromatic nitrogens is 2. The summed E-state index contributed by atoms with van der Waals surface area (Å²) >= 11 is 13.7. The van der Waals surface area contributed by atoms with Gasteiger partial charge in [0, 0.05) is 21.9 Å². The molecule has 1 heterocycles. The van der Waals surface area contributed by atoms with Gasteiger partial charge in [0.15, 0.2) is 6.10 Å². The number of imidazole rings is 1. The minimum Gasteiger partial charge on any atom is -0.454 e. The van der Waals surface area contributed by atoms with Crippen molar-refractivity contribution in [2.24, 2.45) is 0 Å². The molecule has 1 N–H and O–H groups in total. The molecule has 0 aliphatic heterocycles. The first-order valence-electron chi connectivity index (χ1n) is 7.71. The summed E-state index contributed by atoms with van der Waals surface area (Å²) in [5.41, 5.74) is 0.928. The Labute approximate surface area is 156 Å². The molecule has 0 fully saturated rings. The van der Waals surface area contributed by atoms with Gasteiger partial charge in [-0.25, -0.2) is 4.98 Å². The molecule has 0 aliphatic carbocycles. The highest BCUT2D eigenvalue weighted by molar-refractivity contribution is 7.99. The number of hydrogen-bond donors (Lipinski definition) is 1. The summed E-state index contributed by atoms with van der Waals surface area (Å²) in [5, 5.41) is 2.08. The fraction of sp³-hybridized carbons (Fsp3) is 0.412. The lowest BCUT2D eigenvalue weighted by atomic mass is 10.1. The largest absolute Gasteiger partial charge is 0.454 e.